The molecule has 4 bridgehead atoms. The molecule has 0 saturated heterocycles. The quantitative estimate of drug-likeness (QED) is 0.420. The number of carbonyl (C=O) groups excluding carboxylic acids is 2. The minimum atomic E-state index is -3.93. The molecule has 0 heterocycles. The van der Waals surface area contributed by atoms with E-state index in [9.17, 15) is 18.0 Å². The number of anilines is 1. The molecule has 0 amide bonds. The van der Waals surface area contributed by atoms with Gasteiger partial charge in [-0.05, 0) is 112 Å². The second-order valence-corrected chi connectivity index (χ2v) is 13.0. The summed E-state index contributed by atoms with van der Waals surface area (Å²) < 4.78 is 38.8. The first-order chi connectivity index (χ1) is 17.6. The van der Waals surface area contributed by atoms with E-state index in [-0.39, 0.29) is 28.3 Å². The smallest absolute Gasteiger partial charge is 0.338 e. The van der Waals surface area contributed by atoms with Crippen LogP contribution in [0.5, 0.6) is 5.75 Å². The summed E-state index contributed by atoms with van der Waals surface area (Å²) in [6.07, 6.45) is 6.45. The molecule has 0 aliphatic heterocycles. The lowest BCUT2D eigenvalue weighted by molar-refractivity contribution is -0.147. The van der Waals surface area contributed by atoms with E-state index in [1.54, 1.807) is 37.3 Å². The van der Waals surface area contributed by atoms with E-state index >= 15 is 0 Å². The summed E-state index contributed by atoms with van der Waals surface area (Å²) in [5.41, 5.74) is 0.874. The van der Waals surface area contributed by atoms with E-state index in [0.717, 1.165) is 19.3 Å². The Labute approximate surface area is 219 Å². The third kappa shape index (κ3) is 4.88. The van der Waals surface area contributed by atoms with Gasteiger partial charge in [-0.2, -0.15) is 0 Å². The van der Waals surface area contributed by atoms with Gasteiger partial charge in [0.25, 0.3) is 10.0 Å². The predicted octanol–water partition coefficient (Wildman–Crippen LogP) is 5.16. The summed E-state index contributed by atoms with van der Waals surface area (Å²) in [6.45, 7) is 3.87. The lowest BCUT2D eigenvalue weighted by atomic mass is 9.48. The normalized spacial score (nSPS) is 26.1. The van der Waals surface area contributed by atoms with Gasteiger partial charge in [-0.15, -0.1) is 0 Å². The van der Waals surface area contributed by atoms with Crippen molar-refractivity contribution in [1.29, 1.82) is 0 Å². The van der Waals surface area contributed by atoms with Crippen molar-refractivity contribution < 1.29 is 27.5 Å². The van der Waals surface area contributed by atoms with Crippen molar-refractivity contribution in [2.24, 2.45) is 23.2 Å². The van der Waals surface area contributed by atoms with E-state index in [4.69, 9.17) is 9.47 Å². The SMILES string of the molecule is CCOc1ccc(N(C)S(=O)(=O)c2ccc(C)c(C(=O)OCC(=O)C34CC5CC(CC(C5)C3)C4)c2)cc1. The molecule has 0 radical (unpaired) electrons. The standard InChI is InChI=1S/C29H35NO6S/c1-4-35-24-8-6-23(7-9-24)30(3)37(33,34)25-10-5-19(2)26(14-25)28(32)36-18-27(31)29-15-20-11-21(16-29)13-22(12-20)17-29/h5-10,14,20-22H,4,11-13,15-18H2,1-3H3. The zero-order valence-electron chi connectivity index (χ0n) is 21.7. The number of hydrogen-bond donors (Lipinski definition) is 0. The first-order valence-electron chi connectivity index (χ1n) is 13.1. The summed E-state index contributed by atoms with van der Waals surface area (Å²) in [7, 11) is -2.47. The van der Waals surface area contributed by atoms with Gasteiger partial charge < -0.3 is 9.47 Å². The molecule has 2 aromatic rings. The van der Waals surface area contributed by atoms with Gasteiger partial charge in [0.2, 0.25) is 0 Å². The van der Waals surface area contributed by atoms with Crippen molar-refractivity contribution in [3.63, 3.8) is 0 Å². The molecule has 4 saturated carbocycles. The zero-order valence-corrected chi connectivity index (χ0v) is 22.6. The minimum Gasteiger partial charge on any atom is -0.494 e. The van der Waals surface area contributed by atoms with Gasteiger partial charge in [-0.25, -0.2) is 13.2 Å². The van der Waals surface area contributed by atoms with Crippen LogP contribution in [-0.2, 0) is 19.6 Å². The molecule has 2 aromatic carbocycles. The maximum atomic E-state index is 13.3. The van der Waals surface area contributed by atoms with Crippen molar-refractivity contribution >= 4 is 27.5 Å². The van der Waals surface area contributed by atoms with Crippen LogP contribution >= 0.6 is 0 Å². The molecular formula is C29H35NO6S. The molecule has 8 heteroatoms. The number of ether oxygens (including phenoxy) is 2. The number of rotatable bonds is 9. The van der Waals surface area contributed by atoms with Crippen LogP contribution in [0.3, 0.4) is 0 Å². The summed E-state index contributed by atoms with van der Waals surface area (Å²) >= 11 is 0. The van der Waals surface area contributed by atoms with Gasteiger partial charge >= 0.3 is 5.97 Å². The van der Waals surface area contributed by atoms with E-state index in [2.05, 4.69) is 0 Å². The number of nitrogens with zero attached hydrogens (tertiary/aromatic N) is 1. The molecule has 0 aromatic heterocycles. The summed E-state index contributed by atoms with van der Waals surface area (Å²) in [4.78, 5) is 26.3. The number of esters is 1. The fraction of sp³-hybridized carbons (Fsp3) is 0.517. The lowest BCUT2D eigenvalue weighted by Crippen LogP contribution is -2.51. The van der Waals surface area contributed by atoms with Crippen LogP contribution in [-0.4, -0.2) is 40.4 Å². The van der Waals surface area contributed by atoms with Crippen LogP contribution in [0.15, 0.2) is 47.4 Å². The summed E-state index contributed by atoms with van der Waals surface area (Å²) in [5, 5.41) is 0. The molecule has 6 rings (SSSR count). The number of benzene rings is 2. The zero-order chi connectivity index (χ0) is 26.4. The van der Waals surface area contributed by atoms with Crippen molar-refractivity contribution in [3.05, 3.63) is 53.6 Å². The maximum absolute atomic E-state index is 13.3. The van der Waals surface area contributed by atoms with Crippen molar-refractivity contribution in [2.45, 2.75) is 57.3 Å². The Morgan fingerprint density at radius 2 is 1.57 bits per heavy atom. The average molecular weight is 526 g/mol. The fourth-order valence-corrected chi connectivity index (χ4v) is 8.23. The molecule has 0 unspecified atom stereocenters. The Morgan fingerprint density at radius 1 is 0.973 bits per heavy atom. The Kier molecular flexibility index (Phi) is 6.81. The topological polar surface area (TPSA) is 90.0 Å². The Morgan fingerprint density at radius 3 is 2.14 bits per heavy atom. The van der Waals surface area contributed by atoms with Crippen LogP contribution in [0.2, 0.25) is 0 Å². The maximum Gasteiger partial charge on any atom is 0.338 e. The number of Topliss-reactive ketones (excluding diaryl/α,β-unsaturated/α-hetero) is 1. The van der Waals surface area contributed by atoms with Gasteiger partial charge in [-0.1, -0.05) is 6.07 Å². The number of ketones is 1. The third-order valence-corrected chi connectivity index (χ3v) is 10.3. The van der Waals surface area contributed by atoms with Crippen LogP contribution in [0, 0.1) is 30.1 Å². The second-order valence-electron chi connectivity index (χ2n) is 11.1. The van der Waals surface area contributed by atoms with E-state index in [0.29, 0.717) is 41.4 Å². The molecule has 0 N–H and O–H groups in total. The van der Waals surface area contributed by atoms with Gasteiger partial charge in [0.1, 0.15) is 5.75 Å². The molecule has 4 fully saturated rings. The van der Waals surface area contributed by atoms with E-state index in [1.165, 1.54) is 42.7 Å². The number of sulfonamides is 1. The first-order valence-corrected chi connectivity index (χ1v) is 14.6. The van der Waals surface area contributed by atoms with Gasteiger partial charge in [0, 0.05) is 12.5 Å². The van der Waals surface area contributed by atoms with E-state index < -0.39 is 16.0 Å². The van der Waals surface area contributed by atoms with Gasteiger partial charge in [0.15, 0.2) is 12.4 Å². The highest BCUT2D eigenvalue weighted by Gasteiger charge is 2.54. The third-order valence-electron chi connectivity index (χ3n) is 8.56. The monoisotopic (exact) mass is 525 g/mol. The largest absolute Gasteiger partial charge is 0.494 e. The molecule has 0 spiro atoms. The lowest BCUT2D eigenvalue weighted by Gasteiger charge is -2.55. The van der Waals surface area contributed by atoms with Crippen molar-refractivity contribution in [2.75, 3.05) is 24.6 Å². The van der Waals surface area contributed by atoms with Gasteiger partial charge in [-0.3, -0.25) is 9.10 Å². The second kappa shape index (κ2) is 9.78. The van der Waals surface area contributed by atoms with Crippen LogP contribution < -0.4 is 9.04 Å². The van der Waals surface area contributed by atoms with Crippen LogP contribution in [0.1, 0.15) is 61.4 Å². The highest BCUT2D eigenvalue weighted by Crippen LogP contribution is 2.60. The molecule has 198 valence electrons. The molecule has 4 aliphatic rings. The fourth-order valence-electron chi connectivity index (χ4n) is 7.01. The van der Waals surface area contributed by atoms with E-state index in [1.807, 2.05) is 6.92 Å². The number of aryl methyl sites for hydroxylation is 1. The van der Waals surface area contributed by atoms with Crippen LogP contribution in [0.4, 0.5) is 5.69 Å². The number of hydrogen-bond acceptors (Lipinski definition) is 6. The molecule has 7 nitrogen and oxygen atoms in total. The Balaban J connectivity index is 1.29. The molecule has 4 aliphatic carbocycles. The highest BCUT2D eigenvalue weighted by molar-refractivity contribution is 7.92. The molecule has 37 heavy (non-hydrogen) atoms. The van der Waals surface area contributed by atoms with Crippen molar-refractivity contribution in [1.82, 2.24) is 0 Å². The van der Waals surface area contributed by atoms with Crippen LogP contribution in [0.25, 0.3) is 0 Å². The predicted molar refractivity (Wildman–Crippen MR) is 140 cm³/mol. The van der Waals surface area contributed by atoms with Gasteiger partial charge in [0.05, 0.1) is 22.8 Å². The minimum absolute atomic E-state index is 0.0196. The highest BCUT2D eigenvalue weighted by atomic mass is 32.2. The number of carbonyl (C=O) groups is 2. The first kappa shape index (κ1) is 25.8. The summed E-state index contributed by atoms with van der Waals surface area (Å²) in [5.74, 6) is 1.89. The Hall–Kier alpha value is -2.87. The Bertz CT molecular complexity index is 1260. The summed E-state index contributed by atoms with van der Waals surface area (Å²) in [6, 6.07) is 11.2. The average Bonchev–Trinajstić information content (AvgIpc) is 2.86. The molecular weight excluding hydrogens is 490 g/mol. The van der Waals surface area contributed by atoms with Crippen molar-refractivity contribution in [3.8, 4) is 5.75 Å². The molecule has 0 atom stereocenters.